The van der Waals surface area contributed by atoms with Crippen molar-refractivity contribution >= 4 is 21.9 Å². The molecule has 1 rings (SSSR count). The van der Waals surface area contributed by atoms with Crippen molar-refractivity contribution in [2.75, 3.05) is 6.61 Å². The van der Waals surface area contributed by atoms with Crippen molar-refractivity contribution in [2.24, 2.45) is 0 Å². The van der Waals surface area contributed by atoms with Crippen LogP contribution in [0.25, 0.3) is 0 Å². The van der Waals surface area contributed by atoms with Gasteiger partial charge >= 0.3 is 5.97 Å². The van der Waals surface area contributed by atoms with E-state index in [-0.39, 0.29) is 5.97 Å². The van der Waals surface area contributed by atoms with Crippen LogP contribution in [0.5, 0.6) is 0 Å². The SMILES string of the molecule is CCCCCCCCCCCCCCCCCCOC(=O)c1ccc(Br)cc1. The highest BCUT2D eigenvalue weighted by molar-refractivity contribution is 9.10. The van der Waals surface area contributed by atoms with E-state index in [0.29, 0.717) is 12.2 Å². The molecule has 0 bridgehead atoms. The summed E-state index contributed by atoms with van der Waals surface area (Å²) in [5.41, 5.74) is 0.625. The number of ether oxygens (including phenoxy) is 1. The maximum Gasteiger partial charge on any atom is 0.338 e. The van der Waals surface area contributed by atoms with Gasteiger partial charge in [-0.25, -0.2) is 4.79 Å². The summed E-state index contributed by atoms with van der Waals surface area (Å²) < 4.78 is 6.31. The van der Waals surface area contributed by atoms with Crippen LogP contribution in [0.2, 0.25) is 0 Å². The highest BCUT2D eigenvalue weighted by Crippen LogP contribution is 2.14. The largest absolute Gasteiger partial charge is 0.462 e. The second kappa shape index (κ2) is 18.2. The molecular weight excluding hydrogens is 412 g/mol. The Morgan fingerprint density at radius 3 is 1.50 bits per heavy atom. The van der Waals surface area contributed by atoms with Gasteiger partial charge in [-0.05, 0) is 30.7 Å². The number of halogens is 1. The maximum atomic E-state index is 11.9. The highest BCUT2D eigenvalue weighted by atomic mass is 79.9. The molecule has 0 saturated carbocycles. The molecule has 0 unspecified atom stereocenters. The first-order valence-electron chi connectivity index (χ1n) is 11.7. The third-order valence-corrected chi connectivity index (χ3v) is 5.84. The number of esters is 1. The molecule has 28 heavy (non-hydrogen) atoms. The van der Waals surface area contributed by atoms with Gasteiger partial charge in [0.1, 0.15) is 0 Å². The molecule has 0 atom stereocenters. The predicted octanol–water partition coefficient (Wildman–Crippen LogP) is 8.87. The zero-order valence-electron chi connectivity index (χ0n) is 18.0. The molecule has 0 saturated heterocycles. The van der Waals surface area contributed by atoms with Crippen molar-refractivity contribution in [2.45, 2.75) is 110 Å². The molecule has 0 aliphatic heterocycles. The van der Waals surface area contributed by atoms with Crippen molar-refractivity contribution in [3.63, 3.8) is 0 Å². The quantitative estimate of drug-likeness (QED) is 0.164. The molecule has 0 amide bonds. The van der Waals surface area contributed by atoms with Gasteiger partial charge in [-0.15, -0.1) is 0 Å². The van der Waals surface area contributed by atoms with Crippen LogP contribution < -0.4 is 0 Å². The lowest BCUT2D eigenvalue weighted by Gasteiger charge is -2.05. The minimum Gasteiger partial charge on any atom is -0.462 e. The van der Waals surface area contributed by atoms with Gasteiger partial charge in [0.15, 0.2) is 0 Å². The number of benzene rings is 1. The first kappa shape index (κ1) is 25.2. The third-order valence-electron chi connectivity index (χ3n) is 5.31. The number of rotatable bonds is 18. The van der Waals surface area contributed by atoms with E-state index in [1.807, 2.05) is 12.1 Å². The minimum atomic E-state index is -0.214. The first-order chi connectivity index (χ1) is 13.7. The number of unbranched alkanes of at least 4 members (excludes halogenated alkanes) is 15. The Morgan fingerprint density at radius 1 is 0.679 bits per heavy atom. The Hall–Kier alpha value is -0.830. The molecule has 0 aliphatic rings. The second-order valence-electron chi connectivity index (χ2n) is 7.95. The summed E-state index contributed by atoms with van der Waals surface area (Å²) in [7, 11) is 0. The lowest BCUT2D eigenvalue weighted by Crippen LogP contribution is -2.06. The Bertz CT molecular complexity index is 484. The second-order valence-corrected chi connectivity index (χ2v) is 8.86. The molecule has 3 heteroatoms. The lowest BCUT2D eigenvalue weighted by molar-refractivity contribution is 0.0497. The van der Waals surface area contributed by atoms with Gasteiger partial charge in [0, 0.05) is 4.47 Å². The Balaban J connectivity index is 1.78. The average Bonchev–Trinajstić information content (AvgIpc) is 2.70. The standard InChI is InChI=1S/C25H41BrO2/c1-2-3-4-5-6-7-8-9-10-11-12-13-14-15-16-17-22-28-25(27)23-18-20-24(26)21-19-23/h18-21H,2-17,22H2,1H3. The van der Waals surface area contributed by atoms with Crippen LogP contribution >= 0.6 is 15.9 Å². The predicted molar refractivity (Wildman–Crippen MR) is 124 cm³/mol. The Labute approximate surface area is 182 Å². The van der Waals surface area contributed by atoms with E-state index in [1.54, 1.807) is 12.1 Å². The molecular formula is C25H41BrO2. The van der Waals surface area contributed by atoms with E-state index in [4.69, 9.17) is 4.74 Å². The van der Waals surface area contributed by atoms with E-state index in [1.165, 1.54) is 89.9 Å². The lowest BCUT2D eigenvalue weighted by atomic mass is 10.0. The summed E-state index contributed by atoms with van der Waals surface area (Å²) in [5, 5.41) is 0. The van der Waals surface area contributed by atoms with Crippen LogP contribution in [0.1, 0.15) is 120 Å². The fraction of sp³-hybridized carbons (Fsp3) is 0.720. The smallest absolute Gasteiger partial charge is 0.338 e. The van der Waals surface area contributed by atoms with E-state index < -0.39 is 0 Å². The summed E-state index contributed by atoms with van der Waals surface area (Å²) in [6.45, 7) is 2.82. The molecule has 2 nitrogen and oxygen atoms in total. The summed E-state index contributed by atoms with van der Waals surface area (Å²) in [4.78, 5) is 11.9. The van der Waals surface area contributed by atoms with Gasteiger partial charge in [0.2, 0.25) is 0 Å². The zero-order valence-corrected chi connectivity index (χ0v) is 19.6. The van der Waals surface area contributed by atoms with Crippen LogP contribution in [-0.4, -0.2) is 12.6 Å². The summed E-state index contributed by atoms with van der Waals surface area (Å²) in [5.74, 6) is -0.214. The van der Waals surface area contributed by atoms with Crippen LogP contribution in [0.15, 0.2) is 28.7 Å². The molecule has 0 spiro atoms. The monoisotopic (exact) mass is 452 g/mol. The summed E-state index contributed by atoms with van der Waals surface area (Å²) in [6, 6.07) is 7.32. The van der Waals surface area contributed by atoms with Gasteiger partial charge in [-0.2, -0.15) is 0 Å². The van der Waals surface area contributed by atoms with Crippen LogP contribution in [0.4, 0.5) is 0 Å². The molecule has 0 fully saturated rings. The Kier molecular flexibility index (Phi) is 16.4. The molecule has 0 heterocycles. The number of carbonyl (C=O) groups is 1. The van der Waals surface area contributed by atoms with Crippen molar-refractivity contribution in [1.82, 2.24) is 0 Å². The molecule has 0 aliphatic carbocycles. The van der Waals surface area contributed by atoms with Gasteiger partial charge in [-0.3, -0.25) is 0 Å². The van der Waals surface area contributed by atoms with Crippen molar-refractivity contribution < 1.29 is 9.53 Å². The van der Waals surface area contributed by atoms with Crippen molar-refractivity contribution in [3.05, 3.63) is 34.3 Å². The van der Waals surface area contributed by atoms with Crippen LogP contribution in [0.3, 0.4) is 0 Å². The van der Waals surface area contributed by atoms with Gasteiger partial charge in [-0.1, -0.05) is 119 Å². The van der Waals surface area contributed by atoms with E-state index in [0.717, 1.165) is 17.3 Å². The minimum absolute atomic E-state index is 0.214. The van der Waals surface area contributed by atoms with E-state index >= 15 is 0 Å². The molecule has 160 valence electrons. The molecule has 1 aromatic rings. The fourth-order valence-electron chi connectivity index (χ4n) is 3.48. The molecule has 0 N–H and O–H groups in total. The van der Waals surface area contributed by atoms with Gasteiger partial charge in [0.25, 0.3) is 0 Å². The van der Waals surface area contributed by atoms with Crippen molar-refractivity contribution in [1.29, 1.82) is 0 Å². The topological polar surface area (TPSA) is 26.3 Å². The average molecular weight is 454 g/mol. The van der Waals surface area contributed by atoms with E-state index in [2.05, 4.69) is 22.9 Å². The molecule has 1 aromatic carbocycles. The summed E-state index contributed by atoms with van der Waals surface area (Å²) >= 11 is 3.37. The normalized spacial score (nSPS) is 10.9. The number of carbonyl (C=O) groups excluding carboxylic acids is 1. The first-order valence-corrected chi connectivity index (χ1v) is 12.5. The maximum absolute atomic E-state index is 11.9. The third kappa shape index (κ3) is 14.2. The van der Waals surface area contributed by atoms with Crippen molar-refractivity contribution in [3.8, 4) is 0 Å². The van der Waals surface area contributed by atoms with E-state index in [9.17, 15) is 4.79 Å². The fourth-order valence-corrected chi connectivity index (χ4v) is 3.75. The Morgan fingerprint density at radius 2 is 1.07 bits per heavy atom. The molecule has 0 radical (unpaired) electrons. The van der Waals surface area contributed by atoms with Gasteiger partial charge < -0.3 is 4.74 Å². The van der Waals surface area contributed by atoms with Gasteiger partial charge in [0.05, 0.1) is 12.2 Å². The zero-order chi connectivity index (χ0) is 20.3. The molecule has 0 aromatic heterocycles. The van der Waals surface area contributed by atoms with Crippen LogP contribution in [-0.2, 0) is 4.74 Å². The number of hydrogen-bond donors (Lipinski definition) is 0. The number of hydrogen-bond acceptors (Lipinski definition) is 2. The summed E-state index contributed by atoms with van der Waals surface area (Å²) in [6.07, 6.45) is 21.7. The van der Waals surface area contributed by atoms with Crippen LogP contribution in [0, 0.1) is 0 Å². The highest BCUT2D eigenvalue weighted by Gasteiger charge is 2.05.